The van der Waals surface area contributed by atoms with Gasteiger partial charge in [0.2, 0.25) is 15.9 Å². The summed E-state index contributed by atoms with van der Waals surface area (Å²) in [4.78, 5) is 12.8. The monoisotopic (exact) mass is 374 g/mol. The minimum atomic E-state index is -3.60. The van der Waals surface area contributed by atoms with Crippen molar-refractivity contribution in [2.75, 3.05) is 10.6 Å². The van der Waals surface area contributed by atoms with Gasteiger partial charge in [-0.3, -0.25) is 9.10 Å². The SMILES string of the molecule is CC[C@H](NC(=O)[C@H](C)N(c1ccccc1)S(C)(=O)=O)c1ccc(C)cc1. The van der Waals surface area contributed by atoms with Crippen LogP contribution in [0.4, 0.5) is 5.69 Å². The summed E-state index contributed by atoms with van der Waals surface area (Å²) in [6, 6.07) is 15.6. The van der Waals surface area contributed by atoms with Crippen molar-refractivity contribution < 1.29 is 13.2 Å². The number of carbonyl (C=O) groups excluding carboxylic acids is 1. The van der Waals surface area contributed by atoms with Crippen LogP contribution in [0.1, 0.15) is 37.4 Å². The molecule has 0 aliphatic rings. The van der Waals surface area contributed by atoms with Gasteiger partial charge in [0.25, 0.3) is 0 Å². The summed E-state index contributed by atoms with van der Waals surface area (Å²) in [5.41, 5.74) is 2.63. The van der Waals surface area contributed by atoms with E-state index in [-0.39, 0.29) is 11.9 Å². The van der Waals surface area contributed by atoms with E-state index < -0.39 is 16.1 Å². The van der Waals surface area contributed by atoms with Crippen LogP contribution in [0.5, 0.6) is 0 Å². The maximum atomic E-state index is 12.8. The van der Waals surface area contributed by atoms with Crippen molar-refractivity contribution in [1.29, 1.82) is 0 Å². The summed E-state index contributed by atoms with van der Waals surface area (Å²) >= 11 is 0. The number of aryl methyl sites for hydroxylation is 1. The van der Waals surface area contributed by atoms with Crippen molar-refractivity contribution in [2.24, 2.45) is 0 Å². The number of rotatable bonds is 7. The Bertz CT molecular complexity index is 833. The molecule has 140 valence electrons. The van der Waals surface area contributed by atoms with Crippen molar-refractivity contribution in [3.8, 4) is 0 Å². The highest BCUT2D eigenvalue weighted by Gasteiger charge is 2.30. The van der Waals surface area contributed by atoms with Gasteiger partial charge in [-0.15, -0.1) is 0 Å². The Labute approximate surface area is 156 Å². The van der Waals surface area contributed by atoms with E-state index in [0.717, 1.165) is 21.7 Å². The molecule has 26 heavy (non-hydrogen) atoms. The number of nitrogens with one attached hydrogen (secondary N) is 1. The van der Waals surface area contributed by atoms with Gasteiger partial charge in [0.1, 0.15) is 6.04 Å². The smallest absolute Gasteiger partial charge is 0.244 e. The molecule has 1 N–H and O–H groups in total. The van der Waals surface area contributed by atoms with Gasteiger partial charge in [0, 0.05) is 0 Å². The molecular weight excluding hydrogens is 348 g/mol. The largest absolute Gasteiger partial charge is 0.347 e. The second kappa shape index (κ2) is 8.36. The third-order valence-corrected chi connectivity index (χ3v) is 5.55. The van der Waals surface area contributed by atoms with Gasteiger partial charge < -0.3 is 5.32 Å². The first-order valence-electron chi connectivity index (χ1n) is 8.65. The van der Waals surface area contributed by atoms with Gasteiger partial charge in [-0.05, 0) is 38.0 Å². The van der Waals surface area contributed by atoms with Crippen LogP contribution in [0.2, 0.25) is 0 Å². The zero-order valence-electron chi connectivity index (χ0n) is 15.6. The molecule has 2 aromatic rings. The number of carbonyl (C=O) groups is 1. The van der Waals surface area contributed by atoms with Gasteiger partial charge in [-0.2, -0.15) is 0 Å². The molecule has 0 fully saturated rings. The average molecular weight is 375 g/mol. The molecule has 0 saturated carbocycles. The maximum absolute atomic E-state index is 12.8. The molecule has 5 nitrogen and oxygen atoms in total. The van der Waals surface area contributed by atoms with Gasteiger partial charge in [0.05, 0.1) is 18.0 Å². The predicted octanol–water partition coefficient (Wildman–Crippen LogP) is 3.42. The number of amides is 1. The van der Waals surface area contributed by atoms with E-state index in [1.165, 1.54) is 0 Å². The normalized spacial score (nSPS) is 13.7. The summed E-state index contributed by atoms with van der Waals surface area (Å²) in [6.45, 7) is 5.60. The number of para-hydroxylation sites is 1. The highest BCUT2D eigenvalue weighted by molar-refractivity contribution is 7.92. The lowest BCUT2D eigenvalue weighted by Gasteiger charge is -2.29. The minimum Gasteiger partial charge on any atom is -0.347 e. The molecule has 0 radical (unpaired) electrons. The Hall–Kier alpha value is -2.34. The number of anilines is 1. The van der Waals surface area contributed by atoms with E-state index in [2.05, 4.69) is 5.32 Å². The molecule has 0 saturated heterocycles. The van der Waals surface area contributed by atoms with Crippen LogP contribution < -0.4 is 9.62 Å². The Morgan fingerprint density at radius 1 is 1.08 bits per heavy atom. The second-order valence-electron chi connectivity index (χ2n) is 6.45. The maximum Gasteiger partial charge on any atom is 0.244 e. The second-order valence-corrected chi connectivity index (χ2v) is 8.31. The third-order valence-electron chi connectivity index (χ3n) is 4.30. The number of benzene rings is 2. The average Bonchev–Trinajstić information content (AvgIpc) is 2.60. The molecule has 0 aromatic heterocycles. The quantitative estimate of drug-likeness (QED) is 0.807. The highest BCUT2D eigenvalue weighted by atomic mass is 32.2. The lowest BCUT2D eigenvalue weighted by molar-refractivity contribution is -0.122. The Morgan fingerprint density at radius 2 is 1.65 bits per heavy atom. The standard InChI is InChI=1S/C20H26N2O3S/c1-5-19(17-13-11-15(2)12-14-17)21-20(23)16(3)22(26(4,24)25)18-9-7-6-8-10-18/h6-14,16,19H,5H2,1-4H3,(H,21,23)/t16-,19-/m0/s1. The zero-order chi connectivity index (χ0) is 19.3. The molecule has 2 aromatic carbocycles. The molecule has 0 aliphatic carbocycles. The summed E-state index contributed by atoms with van der Waals surface area (Å²) in [6.07, 6.45) is 1.83. The van der Waals surface area contributed by atoms with Crippen molar-refractivity contribution in [2.45, 2.75) is 39.3 Å². The molecule has 0 bridgehead atoms. The first-order chi connectivity index (χ1) is 12.2. The third kappa shape index (κ3) is 4.85. The highest BCUT2D eigenvalue weighted by Crippen LogP contribution is 2.22. The van der Waals surface area contributed by atoms with E-state index in [0.29, 0.717) is 12.1 Å². The Balaban J connectivity index is 2.24. The molecule has 1 amide bonds. The van der Waals surface area contributed by atoms with E-state index in [1.807, 2.05) is 38.1 Å². The lowest BCUT2D eigenvalue weighted by Crippen LogP contribution is -2.48. The summed E-state index contributed by atoms with van der Waals surface area (Å²) in [7, 11) is -3.60. The van der Waals surface area contributed by atoms with Crippen LogP contribution in [0.15, 0.2) is 54.6 Å². The molecule has 0 spiro atoms. The predicted molar refractivity (Wildman–Crippen MR) is 106 cm³/mol. The van der Waals surface area contributed by atoms with Crippen LogP contribution >= 0.6 is 0 Å². The summed E-state index contributed by atoms with van der Waals surface area (Å²) in [5.74, 6) is -0.327. The number of sulfonamides is 1. The van der Waals surface area contributed by atoms with E-state index >= 15 is 0 Å². The molecule has 6 heteroatoms. The van der Waals surface area contributed by atoms with Crippen LogP contribution in [0.25, 0.3) is 0 Å². The molecule has 2 rings (SSSR count). The Morgan fingerprint density at radius 3 is 2.15 bits per heavy atom. The van der Waals surface area contributed by atoms with Gasteiger partial charge in [-0.25, -0.2) is 8.42 Å². The minimum absolute atomic E-state index is 0.164. The summed E-state index contributed by atoms with van der Waals surface area (Å²) in [5, 5.41) is 2.98. The fourth-order valence-corrected chi connectivity index (χ4v) is 4.07. The van der Waals surface area contributed by atoms with Crippen molar-refractivity contribution in [3.05, 3.63) is 65.7 Å². The number of hydrogen-bond acceptors (Lipinski definition) is 3. The van der Waals surface area contributed by atoms with Crippen molar-refractivity contribution in [3.63, 3.8) is 0 Å². The molecule has 0 aliphatic heterocycles. The first-order valence-corrected chi connectivity index (χ1v) is 10.5. The van der Waals surface area contributed by atoms with E-state index in [1.54, 1.807) is 37.3 Å². The number of nitrogens with zero attached hydrogens (tertiary/aromatic N) is 1. The van der Waals surface area contributed by atoms with Crippen LogP contribution in [-0.2, 0) is 14.8 Å². The van der Waals surface area contributed by atoms with Crippen molar-refractivity contribution >= 4 is 21.6 Å². The van der Waals surface area contributed by atoms with Crippen LogP contribution in [0, 0.1) is 6.92 Å². The van der Waals surface area contributed by atoms with Gasteiger partial charge in [0.15, 0.2) is 0 Å². The molecular formula is C20H26N2O3S. The van der Waals surface area contributed by atoms with E-state index in [9.17, 15) is 13.2 Å². The van der Waals surface area contributed by atoms with Crippen molar-refractivity contribution in [1.82, 2.24) is 5.32 Å². The Kier molecular flexibility index (Phi) is 6.42. The van der Waals surface area contributed by atoms with Gasteiger partial charge in [-0.1, -0.05) is 55.0 Å². The molecule has 2 atom stereocenters. The van der Waals surface area contributed by atoms with Crippen LogP contribution in [0.3, 0.4) is 0 Å². The fraction of sp³-hybridized carbons (Fsp3) is 0.350. The van der Waals surface area contributed by atoms with Crippen LogP contribution in [-0.4, -0.2) is 26.6 Å². The lowest BCUT2D eigenvalue weighted by atomic mass is 10.0. The fourth-order valence-electron chi connectivity index (χ4n) is 2.90. The first kappa shape index (κ1) is 20.0. The zero-order valence-corrected chi connectivity index (χ0v) is 16.5. The summed E-state index contributed by atoms with van der Waals surface area (Å²) < 4.78 is 25.7. The van der Waals surface area contributed by atoms with E-state index in [4.69, 9.17) is 0 Å². The van der Waals surface area contributed by atoms with Gasteiger partial charge >= 0.3 is 0 Å². The number of hydrogen-bond donors (Lipinski definition) is 1. The topological polar surface area (TPSA) is 66.5 Å². The molecule has 0 unspecified atom stereocenters. The molecule has 0 heterocycles.